The van der Waals surface area contributed by atoms with Crippen LogP contribution in [-0.4, -0.2) is 28.2 Å². The van der Waals surface area contributed by atoms with Gasteiger partial charge in [0.05, 0.1) is 11.3 Å². The third kappa shape index (κ3) is 3.68. The molecule has 0 aliphatic rings. The third-order valence-electron chi connectivity index (χ3n) is 4.53. The minimum Gasteiger partial charge on any atom is -0.452 e. The Morgan fingerprint density at radius 1 is 1.28 bits per heavy atom. The second kappa shape index (κ2) is 7.90. The number of aryl methyl sites for hydroxylation is 1. The van der Waals surface area contributed by atoms with Gasteiger partial charge in [-0.05, 0) is 38.5 Å². The van der Waals surface area contributed by atoms with E-state index in [9.17, 15) is 14.9 Å². The van der Waals surface area contributed by atoms with Crippen LogP contribution in [0.15, 0.2) is 34.9 Å². The van der Waals surface area contributed by atoms with E-state index in [1.54, 1.807) is 11.5 Å². The van der Waals surface area contributed by atoms with Gasteiger partial charge in [0.15, 0.2) is 6.61 Å². The van der Waals surface area contributed by atoms with E-state index in [0.717, 1.165) is 16.9 Å². The molecule has 0 unspecified atom stereocenters. The van der Waals surface area contributed by atoms with E-state index in [2.05, 4.69) is 16.5 Å². The number of rotatable bonds is 5. The molecule has 2 heterocycles. The van der Waals surface area contributed by atoms with Crippen LogP contribution in [0, 0.1) is 32.1 Å². The maximum atomic E-state index is 12.4. The summed E-state index contributed by atoms with van der Waals surface area (Å²) >= 11 is 0. The Morgan fingerprint density at radius 2 is 1.97 bits per heavy atom. The van der Waals surface area contributed by atoms with E-state index in [4.69, 9.17) is 15.0 Å². The van der Waals surface area contributed by atoms with Gasteiger partial charge in [0.25, 0.3) is 5.91 Å². The second-order valence-electron chi connectivity index (χ2n) is 6.35. The van der Waals surface area contributed by atoms with Crippen LogP contribution in [0.5, 0.6) is 0 Å². The molecule has 1 amide bonds. The van der Waals surface area contributed by atoms with Crippen LogP contribution in [0.1, 0.15) is 32.9 Å². The highest BCUT2D eigenvalue weighted by Crippen LogP contribution is 2.29. The van der Waals surface area contributed by atoms with Crippen LogP contribution in [0.3, 0.4) is 0 Å². The Morgan fingerprint density at radius 3 is 2.55 bits per heavy atom. The lowest BCUT2D eigenvalue weighted by Gasteiger charge is -2.13. The molecule has 9 heteroatoms. The number of carbonyl (C=O) groups excluding carboxylic acids is 2. The van der Waals surface area contributed by atoms with Crippen molar-refractivity contribution in [1.82, 2.24) is 9.72 Å². The Hall–Kier alpha value is -4.06. The number of hydrogen-bond acceptors (Lipinski definition) is 7. The highest BCUT2D eigenvalue weighted by molar-refractivity contribution is 5.98. The summed E-state index contributed by atoms with van der Waals surface area (Å²) < 4.78 is 11.5. The Balaban J connectivity index is 1.83. The van der Waals surface area contributed by atoms with Gasteiger partial charge in [-0.3, -0.25) is 9.36 Å². The van der Waals surface area contributed by atoms with Gasteiger partial charge in [0.2, 0.25) is 5.88 Å². The van der Waals surface area contributed by atoms with Crippen LogP contribution in [0.25, 0.3) is 5.69 Å². The molecular formula is C20H19N5O4. The average Bonchev–Trinajstić information content (AvgIpc) is 3.16. The number of anilines is 2. The summed E-state index contributed by atoms with van der Waals surface area (Å²) in [5.41, 5.74) is 8.48. The SMILES string of the molecule is Cc1noc(N)c1C(=O)OCC(=O)Nc1c(C#N)c(C)c(C)n1-c1ccccc1. The van der Waals surface area contributed by atoms with Crippen molar-refractivity contribution in [2.24, 2.45) is 0 Å². The number of benzene rings is 1. The minimum atomic E-state index is -0.817. The first-order chi connectivity index (χ1) is 13.8. The summed E-state index contributed by atoms with van der Waals surface area (Å²) in [4.78, 5) is 24.6. The molecule has 0 saturated carbocycles. The molecule has 1 aromatic carbocycles. The number of carbonyl (C=O) groups is 2. The maximum absolute atomic E-state index is 12.4. The van der Waals surface area contributed by atoms with E-state index in [1.165, 1.54) is 6.92 Å². The topological polar surface area (TPSA) is 136 Å². The molecule has 0 fully saturated rings. The molecule has 0 radical (unpaired) electrons. The predicted octanol–water partition coefficient (Wildman–Crippen LogP) is 2.64. The number of esters is 1. The van der Waals surface area contributed by atoms with Crippen LogP contribution in [0.4, 0.5) is 11.7 Å². The van der Waals surface area contributed by atoms with Crippen molar-refractivity contribution in [2.75, 3.05) is 17.7 Å². The molecule has 0 saturated heterocycles. The second-order valence-corrected chi connectivity index (χ2v) is 6.35. The van der Waals surface area contributed by atoms with Gasteiger partial charge in [-0.2, -0.15) is 5.26 Å². The number of nitrogens with one attached hydrogen (secondary N) is 1. The molecule has 2 aromatic heterocycles. The summed E-state index contributed by atoms with van der Waals surface area (Å²) in [6, 6.07) is 11.4. The lowest BCUT2D eigenvalue weighted by molar-refractivity contribution is -0.119. The number of para-hydroxylation sites is 1. The first kappa shape index (κ1) is 19.7. The van der Waals surface area contributed by atoms with Crippen molar-refractivity contribution in [3.05, 3.63) is 58.4 Å². The van der Waals surface area contributed by atoms with E-state index >= 15 is 0 Å². The largest absolute Gasteiger partial charge is 0.452 e. The summed E-state index contributed by atoms with van der Waals surface area (Å²) in [7, 11) is 0. The molecule has 3 aromatic rings. The maximum Gasteiger partial charge on any atom is 0.346 e. The number of nitrogens with two attached hydrogens (primary N) is 1. The number of aromatic nitrogens is 2. The molecule has 0 aliphatic carbocycles. The highest BCUT2D eigenvalue weighted by Gasteiger charge is 2.23. The van der Waals surface area contributed by atoms with Crippen molar-refractivity contribution in [1.29, 1.82) is 5.26 Å². The van der Waals surface area contributed by atoms with Crippen molar-refractivity contribution >= 4 is 23.6 Å². The minimum absolute atomic E-state index is 0.0186. The average molecular weight is 393 g/mol. The lowest BCUT2D eigenvalue weighted by Crippen LogP contribution is -2.23. The van der Waals surface area contributed by atoms with Crippen LogP contribution < -0.4 is 11.1 Å². The quantitative estimate of drug-likeness (QED) is 0.636. The summed E-state index contributed by atoms with van der Waals surface area (Å²) in [5.74, 6) is -1.28. The molecule has 9 nitrogen and oxygen atoms in total. The van der Waals surface area contributed by atoms with Gasteiger partial charge in [0.1, 0.15) is 17.5 Å². The van der Waals surface area contributed by atoms with Crippen molar-refractivity contribution in [3.63, 3.8) is 0 Å². The van der Waals surface area contributed by atoms with Gasteiger partial charge in [-0.25, -0.2) is 4.79 Å². The standard InChI is InChI=1S/C20H19N5O4/c1-11-13(3)25(14-7-5-4-6-8-14)19(15(11)9-21)23-16(26)10-28-20(27)17-12(2)24-29-18(17)22/h4-8H,10,22H2,1-3H3,(H,23,26). The predicted molar refractivity (Wildman–Crippen MR) is 105 cm³/mol. The zero-order valence-electron chi connectivity index (χ0n) is 16.1. The van der Waals surface area contributed by atoms with E-state index in [-0.39, 0.29) is 17.1 Å². The number of hydrogen-bond donors (Lipinski definition) is 2. The van der Waals surface area contributed by atoms with Crippen LogP contribution >= 0.6 is 0 Å². The molecule has 29 heavy (non-hydrogen) atoms. The third-order valence-corrected chi connectivity index (χ3v) is 4.53. The lowest BCUT2D eigenvalue weighted by atomic mass is 10.2. The molecule has 0 spiro atoms. The zero-order chi connectivity index (χ0) is 21.1. The number of nitrogen functional groups attached to an aromatic ring is 1. The molecule has 0 bridgehead atoms. The van der Waals surface area contributed by atoms with Crippen molar-refractivity contribution in [3.8, 4) is 11.8 Å². The van der Waals surface area contributed by atoms with Gasteiger partial charge in [-0.15, -0.1) is 0 Å². The number of nitriles is 1. The van der Waals surface area contributed by atoms with E-state index in [1.807, 2.05) is 37.3 Å². The fraction of sp³-hybridized carbons (Fsp3) is 0.200. The Kier molecular flexibility index (Phi) is 5.36. The van der Waals surface area contributed by atoms with Crippen molar-refractivity contribution in [2.45, 2.75) is 20.8 Å². The van der Waals surface area contributed by atoms with Crippen LogP contribution in [0.2, 0.25) is 0 Å². The first-order valence-electron chi connectivity index (χ1n) is 8.71. The number of nitrogens with zero attached hydrogens (tertiary/aromatic N) is 3. The Bertz CT molecular complexity index is 1100. The molecule has 0 aliphatic heterocycles. The monoisotopic (exact) mass is 393 g/mol. The van der Waals surface area contributed by atoms with Gasteiger partial charge >= 0.3 is 5.97 Å². The summed E-state index contributed by atoms with van der Waals surface area (Å²) in [5, 5.41) is 15.8. The first-order valence-corrected chi connectivity index (χ1v) is 8.71. The van der Waals surface area contributed by atoms with E-state index < -0.39 is 18.5 Å². The smallest absolute Gasteiger partial charge is 0.346 e. The Labute approximate surface area is 166 Å². The number of amides is 1. The van der Waals surface area contributed by atoms with Gasteiger partial charge < -0.3 is 20.3 Å². The summed E-state index contributed by atoms with van der Waals surface area (Å²) in [6.45, 7) is 4.64. The molecule has 3 N–H and O–H groups in total. The van der Waals surface area contributed by atoms with Crippen molar-refractivity contribution < 1.29 is 18.8 Å². The van der Waals surface area contributed by atoms with Crippen LogP contribution in [-0.2, 0) is 9.53 Å². The fourth-order valence-corrected chi connectivity index (χ4v) is 2.97. The molecular weight excluding hydrogens is 374 g/mol. The molecule has 148 valence electrons. The fourth-order valence-electron chi connectivity index (χ4n) is 2.97. The normalized spacial score (nSPS) is 10.4. The zero-order valence-corrected chi connectivity index (χ0v) is 16.1. The highest BCUT2D eigenvalue weighted by atomic mass is 16.5. The number of ether oxygens (including phenoxy) is 1. The molecule has 3 rings (SSSR count). The molecule has 0 atom stereocenters. The van der Waals surface area contributed by atoms with E-state index in [0.29, 0.717) is 11.4 Å². The van der Waals surface area contributed by atoms with Gasteiger partial charge in [0, 0.05) is 11.4 Å². The summed E-state index contributed by atoms with van der Waals surface area (Å²) in [6.07, 6.45) is 0. The van der Waals surface area contributed by atoms with Gasteiger partial charge in [-0.1, -0.05) is 23.4 Å².